The molecule has 0 aliphatic carbocycles. The van der Waals surface area contributed by atoms with Gasteiger partial charge in [0.15, 0.2) is 5.92 Å². The Morgan fingerprint density at radius 2 is 2.04 bits per heavy atom. The van der Waals surface area contributed by atoms with E-state index in [0.29, 0.717) is 0 Å². The Kier molecular flexibility index (Phi) is 7.00. The third-order valence-corrected chi connectivity index (χ3v) is 4.23. The number of carbonyl (C=O) groups is 3. The number of anilines is 1. The van der Waals surface area contributed by atoms with E-state index in [-0.39, 0.29) is 11.7 Å². The predicted molar refractivity (Wildman–Crippen MR) is 97.6 cm³/mol. The Labute approximate surface area is 152 Å². The summed E-state index contributed by atoms with van der Waals surface area (Å²) >= 11 is 0. The lowest BCUT2D eigenvalue weighted by Crippen LogP contribution is -2.58. The van der Waals surface area contributed by atoms with Gasteiger partial charge >= 0.3 is 6.03 Å². The van der Waals surface area contributed by atoms with E-state index in [1.165, 1.54) is 30.8 Å². The van der Waals surface area contributed by atoms with Gasteiger partial charge in [0.2, 0.25) is 5.91 Å². The Bertz CT molecular complexity index is 705. The number of imide groups is 2. The molecule has 1 aliphatic rings. The van der Waals surface area contributed by atoms with E-state index < -0.39 is 29.6 Å². The van der Waals surface area contributed by atoms with Crippen molar-refractivity contribution in [3.05, 3.63) is 30.1 Å². The van der Waals surface area contributed by atoms with Gasteiger partial charge < -0.3 is 0 Å². The molecular weight excluding hydrogens is 337 g/mol. The van der Waals surface area contributed by atoms with Gasteiger partial charge in [0, 0.05) is 12.3 Å². The maximum absolute atomic E-state index is 13.4. The lowest BCUT2D eigenvalue weighted by atomic mass is 10.0. The number of carbonyl (C=O) groups excluding carboxylic acids is 3. The zero-order valence-electron chi connectivity index (χ0n) is 15.1. The minimum Gasteiger partial charge on any atom is -0.293 e. The minimum absolute atomic E-state index is 0.0206. The van der Waals surface area contributed by atoms with Crippen molar-refractivity contribution in [2.75, 3.05) is 4.90 Å². The van der Waals surface area contributed by atoms with E-state index in [0.717, 1.165) is 36.6 Å². The molecule has 1 N–H and O–H groups in total. The lowest BCUT2D eigenvalue weighted by molar-refractivity contribution is -0.131. The van der Waals surface area contributed by atoms with Crippen LogP contribution < -0.4 is 10.2 Å². The van der Waals surface area contributed by atoms with Crippen LogP contribution in [-0.4, -0.2) is 30.1 Å². The van der Waals surface area contributed by atoms with E-state index in [9.17, 15) is 18.8 Å². The highest BCUT2D eigenvalue weighted by Gasteiger charge is 2.40. The number of benzene rings is 1. The van der Waals surface area contributed by atoms with Crippen LogP contribution in [0.25, 0.3) is 0 Å². The molecule has 140 valence electrons. The van der Waals surface area contributed by atoms with Crippen LogP contribution >= 0.6 is 0 Å². The molecule has 1 fully saturated rings. The highest BCUT2D eigenvalue weighted by molar-refractivity contribution is 6.32. The van der Waals surface area contributed by atoms with Crippen LogP contribution in [0.4, 0.5) is 14.9 Å². The molecule has 1 aromatic rings. The van der Waals surface area contributed by atoms with Crippen LogP contribution in [-0.2, 0) is 9.59 Å². The van der Waals surface area contributed by atoms with Gasteiger partial charge in [0.25, 0.3) is 5.91 Å². The van der Waals surface area contributed by atoms with E-state index in [1.54, 1.807) is 0 Å². The molecule has 1 heterocycles. The number of nitrogens with zero attached hydrogens (tertiary/aromatic N) is 2. The molecular formula is C19H24FN3O3. The van der Waals surface area contributed by atoms with Gasteiger partial charge in [-0.05, 0) is 31.5 Å². The molecule has 0 radical (unpaired) electrons. The van der Waals surface area contributed by atoms with Gasteiger partial charge in [-0.2, -0.15) is 0 Å². The van der Waals surface area contributed by atoms with Crippen molar-refractivity contribution in [1.82, 2.24) is 5.32 Å². The summed E-state index contributed by atoms with van der Waals surface area (Å²) in [7, 11) is 0. The van der Waals surface area contributed by atoms with E-state index >= 15 is 0 Å². The van der Waals surface area contributed by atoms with E-state index in [1.807, 2.05) is 6.92 Å². The first-order chi connectivity index (χ1) is 12.4. The third-order valence-electron chi connectivity index (χ3n) is 4.23. The molecule has 4 amide bonds. The quantitative estimate of drug-likeness (QED) is 0.437. The molecule has 0 bridgehead atoms. The van der Waals surface area contributed by atoms with Crippen molar-refractivity contribution < 1.29 is 18.8 Å². The smallest absolute Gasteiger partial charge is 0.293 e. The third kappa shape index (κ3) is 4.97. The molecule has 2 rings (SSSR count). The number of unbranched alkanes of at least 4 members (excludes halogenated alkanes) is 3. The van der Waals surface area contributed by atoms with Crippen molar-refractivity contribution >= 4 is 29.7 Å². The number of hydrogen-bond acceptors (Lipinski definition) is 4. The van der Waals surface area contributed by atoms with Gasteiger partial charge in [0.05, 0.1) is 5.69 Å². The van der Waals surface area contributed by atoms with Crippen molar-refractivity contribution in [3.63, 3.8) is 0 Å². The molecule has 1 aromatic carbocycles. The second-order valence-electron chi connectivity index (χ2n) is 6.42. The summed E-state index contributed by atoms with van der Waals surface area (Å²) in [5.41, 5.74) is 0.0750. The number of halogens is 1. The standard InChI is InChI=1S/C19H24FN3O3/c1-3-4-5-6-8-13(2)21-12-16-17(24)22-19(26)23(18(16)25)15-10-7-9-14(20)11-15/h7,9-13,16H,3-6,8H2,1-2H3,(H,22,24,26)/t13-,16?/m1/s1. The molecule has 1 unspecified atom stereocenters. The molecule has 26 heavy (non-hydrogen) atoms. The highest BCUT2D eigenvalue weighted by atomic mass is 19.1. The second-order valence-corrected chi connectivity index (χ2v) is 6.42. The van der Waals surface area contributed by atoms with Crippen LogP contribution in [0.3, 0.4) is 0 Å². The van der Waals surface area contributed by atoms with Gasteiger partial charge in [0.1, 0.15) is 5.82 Å². The average molecular weight is 361 g/mol. The summed E-state index contributed by atoms with van der Waals surface area (Å²) in [4.78, 5) is 41.7. The monoisotopic (exact) mass is 361 g/mol. The van der Waals surface area contributed by atoms with Gasteiger partial charge in [-0.1, -0.05) is 38.7 Å². The number of nitrogens with one attached hydrogen (secondary N) is 1. The summed E-state index contributed by atoms with van der Waals surface area (Å²) in [6.45, 7) is 4.06. The van der Waals surface area contributed by atoms with Crippen LogP contribution in [0.5, 0.6) is 0 Å². The van der Waals surface area contributed by atoms with Crippen molar-refractivity contribution in [1.29, 1.82) is 0 Å². The first-order valence-corrected chi connectivity index (χ1v) is 8.91. The van der Waals surface area contributed by atoms with Crippen LogP contribution in [0, 0.1) is 11.7 Å². The Morgan fingerprint density at radius 1 is 1.27 bits per heavy atom. The number of rotatable bonds is 8. The van der Waals surface area contributed by atoms with Crippen LogP contribution in [0.1, 0.15) is 46.0 Å². The minimum atomic E-state index is -1.20. The fourth-order valence-electron chi connectivity index (χ4n) is 2.76. The Morgan fingerprint density at radius 3 is 2.73 bits per heavy atom. The molecule has 6 nitrogen and oxygen atoms in total. The SMILES string of the molecule is CCCCCC[C@@H](C)N=CC1C(=O)NC(=O)N(c2cccc(F)c2)C1=O. The first kappa shape index (κ1) is 19.8. The number of amides is 4. The maximum Gasteiger partial charge on any atom is 0.335 e. The van der Waals surface area contributed by atoms with Gasteiger partial charge in [-0.3, -0.25) is 19.9 Å². The second kappa shape index (κ2) is 9.22. The Hall–Kier alpha value is -2.57. The van der Waals surface area contributed by atoms with Crippen molar-refractivity contribution in [2.24, 2.45) is 10.9 Å². The fraction of sp³-hybridized carbons (Fsp3) is 0.474. The normalized spacial score (nSPS) is 19.1. The number of urea groups is 1. The molecule has 0 aromatic heterocycles. The maximum atomic E-state index is 13.4. The summed E-state index contributed by atoms with van der Waals surface area (Å²) in [6.07, 6.45) is 6.64. The summed E-state index contributed by atoms with van der Waals surface area (Å²) in [5.74, 6) is -3.22. The number of aliphatic imine (C=N–C) groups is 1. The average Bonchev–Trinajstić information content (AvgIpc) is 2.58. The molecule has 1 saturated heterocycles. The molecule has 7 heteroatoms. The van der Waals surface area contributed by atoms with Crippen LogP contribution in [0.15, 0.2) is 29.3 Å². The number of barbiturate groups is 1. The zero-order chi connectivity index (χ0) is 19.1. The van der Waals surface area contributed by atoms with Gasteiger partial charge in [-0.15, -0.1) is 0 Å². The van der Waals surface area contributed by atoms with Crippen LogP contribution in [0.2, 0.25) is 0 Å². The fourth-order valence-corrected chi connectivity index (χ4v) is 2.76. The lowest BCUT2D eigenvalue weighted by Gasteiger charge is -2.28. The van der Waals surface area contributed by atoms with Crippen molar-refractivity contribution in [3.8, 4) is 0 Å². The van der Waals surface area contributed by atoms with E-state index in [4.69, 9.17) is 0 Å². The van der Waals surface area contributed by atoms with Crippen molar-refractivity contribution in [2.45, 2.75) is 52.0 Å². The first-order valence-electron chi connectivity index (χ1n) is 8.91. The summed E-state index contributed by atoms with van der Waals surface area (Å²) in [6, 6.07) is 4.19. The van der Waals surface area contributed by atoms with Gasteiger partial charge in [-0.25, -0.2) is 14.1 Å². The summed E-state index contributed by atoms with van der Waals surface area (Å²) < 4.78 is 13.4. The topological polar surface area (TPSA) is 78.8 Å². The molecule has 2 atom stereocenters. The molecule has 0 saturated carbocycles. The molecule has 1 aliphatic heterocycles. The summed E-state index contributed by atoms with van der Waals surface area (Å²) in [5, 5.41) is 2.12. The Balaban J connectivity index is 2.08. The predicted octanol–water partition coefficient (Wildman–Crippen LogP) is 3.45. The zero-order valence-corrected chi connectivity index (χ0v) is 15.1. The largest absolute Gasteiger partial charge is 0.335 e. The number of hydrogen-bond donors (Lipinski definition) is 1. The molecule has 0 spiro atoms. The van der Waals surface area contributed by atoms with E-state index in [2.05, 4.69) is 17.2 Å². The highest BCUT2D eigenvalue weighted by Crippen LogP contribution is 2.21.